The van der Waals surface area contributed by atoms with Crippen molar-refractivity contribution in [3.05, 3.63) is 29.8 Å². The van der Waals surface area contributed by atoms with Crippen LogP contribution in [0.5, 0.6) is 0 Å². The Hall–Kier alpha value is -2.04. The number of amides is 2. The van der Waals surface area contributed by atoms with E-state index in [1.54, 1.807) is 6.07 Å². The molecule has 0 heterocycles. The van der Waals surface area contributed by atoms with E-state index in [0.29, 0.717) is 18.5 Å². The van der Waals surface area contributed by atoms with Gasteiger partial charge in [0.2, 0.25) is 11.8 Å². The summed E-state index contributed by atoms with van der Waals surface area (Å²) >= 11 is 0. The zero-order valence-corrected chi connectivity index (χ0v) is 12.3. The fourth-order valence-corrected chi connectivity index (χ4v) is 1.74. The molecule has 1 rings (SSSR count). The first-order chi connectivity index (χ1) is 9.26. The van der Waals surface area contributed by atoms with Gasteiger partial charge in [-0.05, 0) is 44.9 Å². The van der Waals surface area contributed by atoms with Crippen LogP contribution in [0.3, 0.4) is 0 Å². The van der Waals surface area contributed by atoms with Crippen molar-refractivity contribution in [2.45, 2.75) is 39.2 Å². The van der Waals surface area contributed by atoms with Crippen LogP contribution in [-0.4, -0.2) is 23.9 Å². The highest BCUT2D eigenvalue weighted by Crippen LogP contribution is 2.08. The predicted molar refractivity (Wildman–Crippen MR) is 80.1 cm³/mol. The molecule has 0 aliphatic rings. The molecule has 2 amide bonds. The molecule has 0 fully saturated rings. The number of nitrogens with one attached hydrogen (secondary N) is 2. The largest absolute Gasteiger partial charge is 0.399 e. The summed E-state index contributed by atoms with van der Waals surface area (Å²) < 4.78 is 0. The highest BCUT2D eigenvalue weighted by atomic mass is 16.2. The van der Waals surface area contributed by atoms with Crippen molar-refractivity contribution < 1.29 is 9.59 Å². The van der Waals surface area contributed by atoms with Gasteiger partial charge in [0.15, 0.2) is 0 Å². The molecule has 0 radical (unpaired) electrons. The van der Waals surface area contributed by atoms with E-state index in [4.69, 9.17) is 5.73 Å². The van der Waals surface area contributed by atoms with Crippen LogP contribution in [-0.2, 0) is 16.0 Å². The number of hydrogen-bond donors (Lipinski definition) is 3. The van der Waals surface area contributed by atoms with Crippen molar-refractivity contribution in [3.8, 4) is 0 Å². The second kappa shape index (κ2) is 6.93. The van der Waals surface area contributed by atoms with Gasteiger partial charge in [0.25, 0.3) is 0 Å². The third-order valence-electron chi connectivity index (χ3n) is 2.55. The first-order valence-electron chi connectivity index (χ1n) is 6.68. The number of nitrogen functional groups attached to an aromatic ring is 1. The van der Waals surface area contributed by atoms with Crippen LogP contribution < -0.4 is 16.4 Å². The maximum atomic E-state index is 11.6. The van der Waals surface area contributed by atoms with E-state index in [1.165, 1.54) is 0 Å². The second-order valence-electron chi connectivity index (χ2n) is 5.82. The van der Waals surface area contributed by atoms with E-state index in [-0.39, 0.29) is 23.9 Å². The van der Waals surface area contributed by atoms with Gasteiger partial charge in [0.1, 0.15) is 0 Å². The summed E-state index contributed by atoms with van der Waals surface area (Å²) in [5.41, 5.74) is 7.08. The lowest BCUT2D eigenvalue weighted by molar-refractivity contribution is -0.126. The Morgan fingerprint density at radius 1 is 1.20 bits per heavy atom. The molecular weight excluding hydrogens is 254 g/mol. The Balaban J connectivity index is 2.29. The van der Waals surface area contributed by atoms with Gasteiger partial charge in [-0.25, -0.2) is 0 Å². The minimum Gasteiger partial charge on any atom is -0.399 e. The number of anilines is 1. The average molecular weight is 277 g/mol. The van der Waals surface area contributed by atoms with E-state index in [9.17, 15) is 9.59 Å². The Bertz CT molecular complexity index is 478. The van der Waals surface area contributed by atoms with Gasteiger partial charge >= 0.3 is 0 Å². The van der Waals surface area contributed by atoms with Crippen molar-refractivity contribution in [3.63, 3.8) is 0 Å². The van der Waals surface area contributed by atoms with Gasteiger partial charge in [-0.3, -0.25) is 9.59 Å². The molecule has 5 heteroatoms. The van der Waals surface area contributed by atoms with Crippen LogP contribution >= 0.6 is 0 Å². The van der Waals surface area contributed by atoms with E-state index in [1.807, 2.05) is 39.0 Å². The maximum absolute atomic E-state index is 11.6. The number of carbonyl (C=O) groups excluding carboxylic acids is 2. The third-order valence-corrected chi connectivity index (χ3v) is 2.55. The number of nitrogens with two attached hydrogens (primary N) is 1. The molecule has 110 valence electrons. The van der Waals surface area contributed by atoms with Gasteiger partial charge in [-0.2, -0.15) is 0 Å². The summed E-state index contributed by atoms with van der Waals surface area (Å²) in [6.45, 7) is 5.69. The lowest BCUT2D eigenvalue weighted by Crippen LogP contribution is -2.45. The first-order valence-corrected chi connectivity index (χ1v) is 6.68. The Kier molecular flexibility index (Phi) is 5.55. The van der Waals surface area contributed by atoms with Gasteiger partial charge in [0, 0.05) is 17.6 Å². The second-order valence-corrected chi connectivity index (χ2v) is 5.82. The van der Waals surface area contributed by atoms with Crippen LogP contribution in [0.15, 0.2) is 24.3 Å². The summed E-state index contributed by atoms with van der Waals surface area (Å²) in [6, 6.07) is 7.44. The summed E-state index contributed by atoms with van der Waals surface area (Å²) in [5, 5.41) is 5.39. The molecule has 0 aromatic heterocycles. The summed E-state index contributed by atoms with van der Waals surface area (Å²) in [7, 11) is 0. The van der Waals surface area contributed by atoms with E-state index < -0.39 is 0 Å². The molecule has 20 heavy (non-hydrogen) atoms. The van der Waals surface area contributed by atoms with Crippen LogP contribution in [0.4, 0.5) is 5.69 Å². The molecule has 0 unspecified atom stereocenters. The summed E-state index contributed by atoms with van der Waals surface area (Å²) in [4.78, 5) is 23.2. The number of rotatable bonds is 5. The average Bonchev–Trinajstić information content (AvgIpc) is 2.32. The van der Waals surface area contributed by atoms with Crippen LogP contribution in [0.1, 0.15) is 32.8 Å². The van der Waals surface area contributed by atoms with Crippen molar-refractivity contribution >= 4 is 17.5 Å². The summed E-state index contributed by atoms with van der Waals surface area (Å²) in [6.07, 6.45) is 0.948. The standard InChI is InChI=1S/C15H23N3O2/c1-15(2,3)18-14(20)10-17-13(19)8-7-11-5-4-6-12(16)9-11/h4-6,9H,7-8,10,16H2,1-3H3,(H,17,19)(H,18,20). The minimum atomic E-state index is -0.288. The molecule has 0 bridgehead atoms. The Morgan fingerprint density at radius 3 is 2.50 bits per heavy atom. The van der Waals surface area contributed by atoms with E-state index >= 15 is 0 Å². The van der Waals surface area contributed by atoms with Crippen LogP contribution in [0.25, 0.3) is 0 Å². The SMILES string of the molecule is CC(C)(C)NC(=O)CNC(=O)CCc1cccc(N)c1. The minimum absolute atomic E-state index is 0.00698. The highest BCUT2D eigenvalue weighted by molar-refractivity contribution is 5.85. The molecule has 0 atom stereocenters. The predicted octanol–water partition coefficient (Wildman–Crippen LogP) is 1.23. The van der Waals surface area contributed by atoms with E-state index in [2.05, 4.69) is 10.6 Å². The van der Waals surface area contributed by atoms with Gasteiger partial charge in [0.05, 0.1) is 6.54 Å². The number of hydrogen-bond acceptors (Lipinski definition) is 3. The molecule has 0 aliphatic heterocycles. The maximum Gasteiger partial charge on any atom is 0.239 e. The molecule has 4 N–H and O–H groups in total. The molecule has 0 aliphatic carbocycles. The fraction of sp³-hybridized carbons (Fsp3) is 0.467. The van der Waals surface area contributed by atoms with E-state index in [0.717, 1.165) is 5.56 Å². The fourth-order valence-electron chi connectivity index (χ4n) is 1.74. The number of carbonyl (C=O) groups is 2. The monoisotopic (exact) mass is 277 g/mol. The summed E-state index contributed by atoms with van der Waals surface area (Å²) in [5.74, 6) is -0.328. The highest BCUT2D eigenvalue weighted by Gasteiger charge is 2.14. The molecular formula is C15H23N3O2. The smallest absolute Gasteiger partial charge is 0.239 e. The topological polar surface area (TPSA) is 84.2 Å². The Labute approximate surface area is 119 Å². The van der Waals surface area contributed by atoms with Crippen molar-refractivity contribution in [1.29, 1.82) is 0 Å². The zero-order chi connectivity index (χ0) is 15.2. The lowest BCUT2D eigenvalue weighted by Gasteiger charge is -2.20. The number of aryl methyl sites for hydroxylation is 1. The van der Waals surface area contributed by atoms with Crippen molar-refractivity contribution in [2.24, 2.45) is 0 Å². The molecule has 0 saturated heterocycles. The first kappa shape index (κ1) is 16.0. The Morgan fingerprint density at radius 2 is 1.90 bits per heavy atom. The molecule has 5 nitrogen and oxygen atoms in total. The molecule has 0 spiro atoms. The lowest BCUT2D eigenvalue weighted by atomic mass is 10.1. The van der Waals surface area contributed by atoms with Crippen LogP contribution in [0, 0.1) is 0 Å². The molecule has 0 saturated carbocycles. The zero-order valence-electron chi connectivity index (χ0n) is 12.3. The quantitative estimate of drug-likeness (QED) is 0.708. The van der Waals surface area contributed by atoms with Crippen molar-refractivity contribution in [1.82, 2.24) is 10.6 Å². The van der Waals surface area contributed by atoms with Gasteiger partial charge in [-0.1, -0.05) is 12.1 Å². The molecule has 1 aromatic carbocycles. The third kappa shape index (κ3) is 6.78. The van der Waals surface area contributed by atoms with Gasteiger partial charge < -0.3 is 16.4 Å². The molecule has 1 aromatic rings. The number of benzene rings is 1. The van der Waals surface area contributed by atoms with Crippen LogP contribution in [0.2, 0.25) is 0 Å². The normalized spacial score (nSPS) is 10.9. The van der Waals surface area contributed by atoms with Crippen molar-refractivity contribution in [2.75, 3.05) is 12.3 Å². The van der Waals surface area contributed by atoms with Gasteiger partial charge in [-0.15, -0.1) is 0 Å².